The molecule has 0 saturated carbocycles. The third kappa shape index (κ3) is 7.66. The average Bonchev–Trinajstić information content (AvgIpc) is 3.19. The minimum Gasteiger partial charge on any atom is -0.465 e. The van der Waals surface area contributed by atoms with Crippen molar-refractivity contribution < 1.29 is 22.3 Å². The van der Waals surface area contributed by atoms with E-state index in [-0.39, 0.29) is 30.0 Å². The van der Waals surface area contributed by atoms with Gasteiger partial charge in [-0.1, -0.05) is 12.1 Å². The summed E-state index contributed by atoms with van der Waals surface area (Å²) in [5, 5.41) is 6.56. The largest absolute Gasteiger partial charge is 0.465 e. The number of furan rings is 1. The van der Waals surface area contributed by atoms with E-state index in [4.69, 9.17) is 9.15 Å². The van der Waals surface area contributed by atoms with E-state index in [9.17, 15) is 13.2 Å². The summed E-state index contributed by atoms with van der Waals surface area (Å²) in [6.07, 6.45) is -3.73. The molecule has 2 N–H and O–H groups in total. The van der Waals surface area contributed by atoms with Gasteiger partial charge in [0.25, 0.3) is 0 Å². The number of morpholine rings is 1. The molecule has 6 nitrogen and oxygen atoms in total. The van der Waals surface area contributed by atoms with E-state index in [0.717, 1.165) is 42.3 Å². The number of guanidine groups is 1. The third-order valence-corrected chi connectivity index (χ3v) is 5.25. The smallest absolute Gasteiger partial charge is 0.416 e. The molecule has 10 heteroatoms. The van der Waals surface area contributed by atoms with Gasteiger partial charge in [-0.3, -0.25) is 9.89 Å². The van der Waals surface area contributed by atoms with Crippen LogP contribution in [0, 0.1) is 6.92 Å². The summed E-state index contributed by atoms with van der Waals surface area (Å²) in [7, 11) is 1.69. The number of ether oxygens (including phenoxy) is 1. The number of rotatable bonds is 7. The van der Waals surface area contributed by atoms with Gasteiger partial charge in [-0.15, -0.1) is 24.0 Å². The van der Waals surface area contributed by atoms with Crippen molar-refractivity contribution >= 4 is 29.9 Å². The van der Waals surface area contributed by atoms with Gasteiger partial charge < -0.3 is 19.8 Å². The summed E-state index contributed by atoms with van der Waals surface area (Å²) in [5.41, 5.74) is 0.192. The second kappa shape index (κ2) is 12.4. The van der Waals surface area contributed by atoms with E-state index >= 15 is 0 Å². The fraction of sp³-hybridized carbons (Fsp3) is 0.500. The van der Waals surface area contributed by atoms with E-state index in [1.165, 1.54) is 12.1 Å². The van der Waals surface area contributed by atoms with Gasteiger partial charge >= 0.3 is 6.18 Å². The molecule has 2 heterocycles. The zero-order chi connectivity index (χ0) is 22.3. The standard InChI is InChI=1S/C22H29F3N4O2.HI/c1-16-3-8-20(31-16)19(29-11-13-30-14-12-29)15-28-21(26-2)27-10-9-17-4-6-18(7-5-17)22(23,24)25;/h3-8,19H,9-15H2,1-2H3,(H2,26,27,28);1H. The van der Waals surface area contributed by atoms with Crippen molar-refractivity contribution in [1.29, 1.82) is 0 Å². The molecule has 1 unspecified atom stereocenters. The number of benzene rings is 1. The van der Waals surface area contributed by atoms with Crippen LogP contribution in [0.4, 0.5) is 13.2 Å². The zero-order valence-electron chi connectivity index (χ0n) is 18.2. The topological polar surface area (TPSA) is 62.0 Å². The quantitative estimate of drug-likeness (QED) is 0.302. The SMILES string of the molecule is CN=C(NCCc1ccc(C(F)(F)F)cc1)NCC(c1ccc(C)o1)N1CCOCC1.I. The Bertz CT molecular complexity index is 850. The van der Waals surface area contributed by atoms with Crippen molar-refractivity contribution in [1.82, 2.24) is 15.5 Å². The summed E-state index contributed by atoms with van der Waals surface area (Å²) >= 11 is 0. The van der Waals surface area contributed by atoms with Gasteiger partial charge in [-0.25, -0.2) is 0 Å². The van der Waals surface area contributed by atoms with Gasteiger partial charge in [-0.2, -0.15) is 13.2 Å². The molecular formula is C22H30F3IN4O2. The van der Waals surface area contributed by atoms with Crippen LogP contribution in [0.3, 0.4) is 0 Å². The van der Waals surface area contributed by atoms with Crippen LogP contribution >= 0.6 is 24.0 Å². The van der Waals surface area contributed by atoms with Crippen LogP contribution in [0.2, 0.25) is 0 Å². The molecule has 1 fully saturated rings. The highest BCUT2D eigenvalue weighted by molar-refractivity contribution is 14.0. The Labute approximate surface area is 203 Å². The lowest BCUT2D eigenvalue weighted by Gasteiger charge is -2.33. The zero-order valence-corrected chi connectivity index (χ0v) is 20.6. The van der Waals surface area contributed by atoms with Gasteiger partial charge in [0.05, 0.1) is 24.8 Å². The van der Waals surface area contributed by atoms with E-state index in [0.29, 0.717) is 38.7 Å². The number of alkyl halides is 3. The molecule has 1 aromatic carbocycles. The number of nitrogens with zero attached hydrogens (tertiary/aromatic N) is 2. The van der Waals surface area contributed by atoms with Crippen molar-refractivity contribution in [3.63, 3.8) is 0 Å². The Kier molecular flexibility index (Phi) is 10.3. The van der Waals surface area contributed by atoms with Crippen LogP contribution in [0.15, 0.2) is 45.8 Å². The maximum absolute atomic E-state index is 12.7. The van der Waals surface area contributed by atoms with Gasteiger partial charge in [0.2, 0.25) is 0 Å². The lowest BCUT2D eigenvalue weighted by Crippen LogP contribution is -2.46. The Morgan fingerprint density at radius 1 is 1.09 bits per heavy atom. The van der Waals surface area contributed by atoms with Crippen molar-refractivity contribution in [2.75, 3.05) is 46.4 Å². The van der Waals surface area contributed by atoms with E-state index in [1.54, 1.807) is 7.05 Å². The molecule has 0 aliphatic carbocycles. The van der Waals surface area contributed by atoms with Gasteiger partial charge in [0.1, 0.15) is 11.5 Å². The maximum Gasteiger partial charge on any atom is 0.416 e. The second-order valence-electron chi connectivity index (χ2n) is 7.44. The minimum atomic E-state index is -4.31. The lowest BCUT2D eigenvalue weighted by molar-refractivity contribution is -0.137. The van der Waals surface area contributed by atoms with Crippen LogP contribution in [0.1, 0.15) is 28.7 Å². The highest BCUT2D eigenvalue weighted by Gasteiger charge is 2.30. The molecule has 0 spiro atoms. The van der Waals surface area contributed by atoms with Crippen LogP contribution in [0.25, 0.3) is 0 Å². The van der Waals surface area contributed by atoms with Crippen LogP contribution in [-0.4, -0.2) is 57.3 Å². The van der Waals surface area contributed by atoms with Crippen molar-refractivity contribution in [2.45, 2.75) is 25.6 Å². The number of hydrogen-bond acceptors (Lipinski definition) is 4. The van der Waals surface area contributed by atoms with E-state index in [2.05, 4.69) is 20.5 Å². The molecule has 1 saturated heterocycles. The van der Waals surface area contributed by atoms with Crippen molar-refractivity contribution in [2.24, 2.45) is 4.99 Å². The van der Waals surface area contributed by atoms with Crippen LogP contribution in [-0.2, 0) is 17.3 Å². The number of aliphatic imine (C=N–C) groups is 1. The van der Waals surface area contributed by atoms with Gasteiger partial charge in [-0.05, 0) is 43.2 Å². The van der Waals surface area contributed by atoms with E-state index < -0.39 is 11.7 Å². The first-order valence-corrected chi connectivity index (χ1v) is 10.4. The summed E-state index contributed by atoms with van der Waals surface area (Å²) < 4.78 is 49.4. The van der Waals surface area contributed by atoms with Crippen LogP contribution in [0.5, 0.6) is 0 Å². The van der Waals surface area contributed by atoms with Gasteiger partial charge in [0, 0.05) is 33.2 Å². The first-order valence-electron chi connectivity index (χ1n) is 10.4. The average molecular weight is 566 g/mol. The highest BCUT2D eigenvalue weighted by Crippen LogP contribution is 2.29. The molecule has 1 aromatic heterocycles. The molecule has 3 rings (SSSR count). The molecule has 0 radical (unpaired) electrons. The van der Waals surface area contributed by atoms with Crippen molar-refractivity contribution in [3.8, 4) is 0 Å². The summed E-state index contributed by atoms with van der Waals surface area (Å²) in [5.74, 6) is 2.40. The normalized spacial score (nSPS) is 16.3. The summed E-state index contributed by atoms with van der Waals surface area (Å²) in [6, 6.07) is 9.24. The molecule has 0 bridgehead atoms. The van der Waals surface area contributed by atoms with Crippen molar-refractivity contribution in [3.05, 3.63) is 59.0 Å². The number of nitrogens with one attached hydrogen (secondary N) is 2. The highest BCUT2D eigenvalue weighted by atomic mass is 127. The molecule has 178 valence electrons. The second-order valence-corrected chi connectivity index (χ2v) is 7.44. The van der Waals surface area contributed by atoms with Crippen LogP contribution < -0.4 is 10.6 Å². The summed E-state index contributed by atoms with van der Waals surface area (Å²) in [6.45, 7) is 6.11. The third-order valence-electron chi connectivity index (χ3n) is 5.25. The molecule has 32 heavy (non-hydrogen) atoms. The van der Waals surface area contributed by atoms with E-state index in [1.807, 2.05) is 19.1 Å². The number of aryl methyl sites for hydroxylation is 1. The number of hydrogen-bond donors (Lipinski definition) is 2. The molecule has 1 aliphatic rings. The number of halogens is 4. The fourth-order valence-electron chi connectivity index (χ4n) is 3.53. The Hall–Kier alpha value is -1.79. The Morgan fingerprint density at radius 2 is 1.78 bits per heavy atom. The lowest BCUT2D eigenvalue weighted by atomic mass is 10.1. The monoisotopic (exact) mass is 566 g/mol. The molecule has 2 aromatic rings. The molecular weight excluding hydrogens is 536 g/mol. The molecule has 1 aliphatic heterocycles. The Balaban J connectivity index is 0.00000363. The maximum atomic E-state index is 12.7. The first-order chi connectivity index (χ1) is 14.9. The minimum absolute atomic E-state index is 0. The predicted molar refractivity (Wildman–Crippen MR) is 129 cm³/mol. The first kappa shape index (κ1) is 26.5. The van der Waals surface area contributed by atoms with Gasteiger partial charge in [0.15, 0.2) is 5.96 Å². The Morgan fingerprint density at radius 3 is 2.34 bits per heavy atom. The molecule has 0 amide bonds. The summed E-state index contributed by atoms with van der Waals surface area (Å²) in [4.78, 5) is 6.58. The predicted octanol–water partition coefficient (Wildman–Crippen LogP) is 4.01. The molecule has 1 atom stereocenters. The fourth-order valence-corrected chi connectivity index (χ4v) is 3.53.